The Morgan fingerprint density at radius 1 is 1.53 bits per heavy atom. The fourth-order valence-electron chi connectivity index (χ4n) is 1.21. The summed E-state index contributed by atoms with van der Waals surface area (Å²) in [6, 6.07) is 1.70. The Balaban J connectivity index is 2.70. The van der Waals surface area contributed by atoms with E-state index < -0.39 is 5.41 Å². The molecule has 0 saturated heterocycles. The van der Waals surface area contributed by atoms with Crippen LogP contribution in [0, 0.1) is 12.3 Å². The van der Waals surface area contributed by atoms with Crippen LogP contribution in [0.1, 0.15) is 19.5 Å². The van der Waals surface area contributed by atoms with E-state index in [0.29, 0.717) is 16.7 Å². The minimum Gasteiger partial charge on any atom is -0.469 e. The fraction of sp³-hybridized carbons (Fsp3) is 0.545. The van der Waals surface area contributed by atoms with Gasteiger partial charge in [0.25, 0.3) is 0 Å². The first-order valence-corrected chi connectivity index (χ1v) is 6.16. The quantitative estimate of drug-likeness (QED) is 0.501. The third-order valence-electron chi connectivity index (χ3n) is 2.15. The minimum atomic E-state index is -0.568. The van der Waals surface area contributed by atoms with Gasteiger partial charge >= 0.3 is 5.97 Å². The number of rotatable bonds is 4. The van der Waals surface area contributed by atoms with Crippen LogP contribution in [0.25, 0.3) is 0 Å². The van der Waals surface area contributed by atoms with Crippen molar-refractivity contribution in [2.24, 2.45) is 5.41 Å². The first-order chi connectivity index (χ1) is 7.85. The molecule has 0 saturated carbocycles. The van der Waals surface area contributed by atoms with Gasteiger partial charge in [-0.15, -0.1) is 0 Å². The summed E-state index contributed by atoms with van der Waals surface area (Å²) in [6.07, 6.45) is 0. The second-order valence-corrected chi connectivity index (χ2v) is 5.32. The van der Waals surface area contributed by atoms with E-state index in [2.05, 4.69) is 9.97 Å². The average molecular weight is 255 g/mol. The molecule has 0 atom stereocenters. The lowest BCUT2D eigenvalue weighted by molar-refractivity contribution is -0.149. The smallest absolute Gasteiger partial charge is 0.312 e. The van der Waals surface area contributed by atoms with E-state index in [1.165, 1.54) is 18.9 Å². The van der Waals surface area contributed by atoms with Crippen molar-refractivity contribution in [1.29, 1.82) is 0 Å². The lowest BCUT2D eigenvalue weighted by atomic mass is 9.97. The molecule has 94 valence electrons. The first-order valence-electron chi connectivity index (χ1n) is 5.17. The van der Waals surface area contributed by atoms with Crippen LogP contribution in [-0.2, 0) is 9.53 Å². The Hall–Kier alpha value is -1.30. The molecule has 1 aromatic heterocycles. The molecule has 0 amide bonds. The normalized spacial score (nSPS) is 11.3. The Morgan fingerprint density at radius 2 is 2.18 bits per heavy atom. The highest BCUT2D eigenvalue weighted by atomic mass is 32.2. The highest BCUT2D eigenvalue weighted by Gasteiger charge is 2.29. The fourth-order valence-corrected chi connectivity index (χ4v) is 2.20. The molecule has 17 heavy (non-hydrogen) atoms. The van der Waals surface area contributed by atoms with Gasteiger partial charge < -0.3 is 10.5 Å². The van der Waals surface area contributed by atoms with Crippen molar-refractivity contribution in [2.75, 3.05) is 18.6 Å². The summed E-state index contributed by atoms with van der Waals surface area (Å²) in [4.78, 5) is 19.8. The van der Waals surface area contributed by atoms with Gasteiger partial charge in [0, 0.05) is 17.5 Å². The van der Waals surface area contributed by atoms with Crippen molar-refractivity contribution >= 4 is 23.5 Å². The largest absolute Gasteiger partial charge is 0.469 e. The average Bonchev–Trinajstić information content (AvgIpc) is 2.24. The number of hydrogen-bond donors (Lipinski definition) is 1. The lowest BCUT2D eigenvalue weighted by Crippen LogP contribution is -2.28. The number of esters is 1. The summed E-state index contributed by atoms with van der Waals surface area (Å²) in [6.45, 7) is 5.50. The van der Waals surface area contributed by atoms with Crippen LogP contribution < -0.4 is 5.73 Å². The predicted molar refractivity (Wildman–Crippen MR) is 67.7 cm³/mol. The number of nitrogen functional groups attached to an aromatic ring is 1. The molecule has 6 heteroatoms. The number of anilines is 1. The molecule has 0 aromatic carbocycles. The molecule has 1 rings (SSSR count). The van der Waals surface area contributed by atoms with Crippen molar-refractivity contribution < 1.29 is 9.53 Å². The number of aryl methyl sites for hydroxylation is 1. The number of thioether (sulfide) groups is 1. The maximum absolute atomic E-state index is 11.5. The number of methoxy groups -OCH3 is 1. The summed E-state index contributed by atoms with van der Waals surface area (Å²) in [5, 5.41) is 0.583. The number of carbonyl (C=O) groups is 1. The molecule has 0 bridgehead atoms. The molecule has 1 aromatic rings. The molecule has 0 radical (unpaired) electrons. The van der Waals surface area contributed by atoms with Crippen molar-refractivity contribution in [3.05, 3.63) is 11.8 Å². The molecular weight excluding hydrogens is 238 g/mol. The zero-order valence-corrected chi connectivity index (χ0v) is 11.3. The zero-order valence-electron chi connectivity index (χ0n) is 10.5. The maximum Gasteiger partial charge on any atom is 0.312 e. The Bertz CT molecular complexity index is 401. The molecule has 0 fully saturated rings. The lowest BCUT2D eigenvalue weighted by Gasteiger charge is -2.20. The Labute approximate surface area is 105 Å². The van der Waals surface area contributed by atoms with Crippen LogP contribution in [0.5, 0.6) is 0 Å². The van der Waals surface area contributed by atoms with Gasteiger partial charge in [0.05, 0.1) is 12.5 Å². The van der Waals surface area contributed by atoms with Gasteiger partial charge in [0.15, 0.2) is 5.16 Å². The van der Waals surface area contributed by atoms with E-state index >= 15 is 0 Å². The Kier molecular flexibility index (Phi) is 4.34. The number of nitrogens with zero attached hydrogens (tertiary/aromatic N) is 2. The summed E-state index contributed by atoms with van der Waals surface area (Å²) >= 11 is 1.40. The number of aromatic nitrogens is 2. The van der Waals surface area contributed by atoms with Crippen LogP contribution in [0.3, 0.4) is 0 Å². The third-order valence-corrected chi connectivity index (χ3v) is 3.46. The summed E-state index contributed by atoms with van der Waals surface area (Å²) < 4.78 is 4.73. The molecule has 2 N–H and O–H groups in total. The van der Waals surface area contributed by atoms with Gasteiger partial charge in [-0.25, -0.2) is 9.97 Å². The zero-order chi connectivity index (χ0) is 13.1. The Morgan fingerprint density at radius 3 is 2.71 bits per heavy atom. The monoisotopic (exact) mass is 255 g/mol. The van der Waals surface area contributed by atoms with Gasteiger partial charge in [-0.3, -0.25) is 4.79 Å². The topological polar surface area (TPSA) is 78.1 Å². The second kappa shape index (κ2) is 5.35. The molecule has 0 aliphatic rings. The number of hydrogen-bond acceptors (Lipinski definition) is 6. The SMILES string of the molecule is COC(=O)C(C)(C)CSc1nc(C)cc(N)n1. The molecule has 0 unspecified atom stereocenters. The number of carbonyl (C=O) groups excluding carboxylic acids is 1. The molecular formula is C11H17N3O2S. The maximum atomic E-state index is 11.5. The molecule has 0 aliphatic heterocycles. The van der Waals surface area contributed by atoms with Crippen molar-refractivity contribution in [3.8, 4) is 0 Å². The minimum absolute atomic E-state index is 0.245. The van der Waals surface area contributed by atoms with Gasteiger partial charge in [0.2, 0.25) is 0 Å². The predicted octanol–water partition coefficient (Wildman–Crippen LogP) is 1.66. The highest BCUT2D eigenvalue weighted by molar-refractivity contribution is 7.99. The van der Waals surface area contributed by atoms with Crippen molar-refractivity contribution in [3.63, 3.8) is 0 Å². The number of nitrogens with two attached hydrogens (primary N) is 1. The molecule has 0 aliphatic carbocycles. The third kappa shape index (κ3) is 3.89. The first kappa shape index (κ1) is 13.8. The number of ether oxygens (including phenoxy) is 1. The van der Waals surface area contributed by atoms with E-state index in [0.717, 1.165) is 5.69 Å². The van der Waals surface area contributed by atoms with Crippen molar-refractivity contribution in [2.45, 2.75) is 25.9 Å². The summed E-state index contributed by atoms with van der Waals surface area (Å²) in [5.41, 5.74) is 5.88. The van der Waals surface area contributed by atoms with Gasteiger partial charge in [-0.05, 0) is 20.8 Å². The van der Waals surface area contributed by atoms with Crippen LogP contribution in [0.4, 0.5) is 5.82 Å². The molecule has 1 heterocycles. The molecule has 5 nitrogen and oxygen atoms in total. The van der Waals surface area contributed by atoms with Crippen LogP contribution in [0.15, 0.2) is 11.2 Å². The van der Waals surface area contributed by atoms with Crippen LogP contribution >= 0.6 is 11.8 Å². The summed E-state index contributed by atoms with van der Waals surface area (Å²) in [5.74, 6) is 0.740. The van der Waals surface area contributed by atoms with E-state index in [-0.39, 0.29) is 5.97 Å². The van der Waals surface area contributed by atoms with E-state index in [4.69, 9.17) is 10.5 Å². The van der Waals surface area contributed by atoms with Crippen molar-refractivity contribution in [1.82, 2.24) is 9.97 Å². The van der Waals surface area contributed by atoms with Crippen LogP contribution in [0.2, 0.25) is 0 Å². The van der Waals surface area contributed by atoms with E-state index in [1.54, 1.807) is 6.07 Å². The van der Waals surface area contributed by atoms with Gasteiger partial charge in [-0.1, -0.05) is 11.8 Å². The van der Waals surface area contributed by atoms with Gasteiger partial charge in [0.1, 0.15) is 5.82 Å². The standard InChI is InChI=1S/C11H17N3O2S/c1-7-5-8(12)14-10(13-7)17-6-11(2,3)9(15)16-4/h5H,6H2,1-4H3,(H2,12,13,14). The highest BCUT2D eigenvalue weighted by Crippen LogP contribution is 2.27. The van der Waals surface area contributed by atoms with E-state index in [1.807, 2.05) is 20.8 Å². The second-order valence-electron chi connectivity index (χ2n) is 4.38. The molecule has 0 spiro atoms. The van der Waals surface area contributed by atoms with Crippen LogP contribution in [-0.4, -0.2) is 28.8 Å². The van der Waals surface area contributed by atoms with Gasteiger partial charge in [-0.2, -0.15) is 0 Å². The summed E-state index contributed by atoms with van der Waals surface area (Å²) in [7, 11) is 1.38. The van der Waals surface area contributed by atoms with E-state index in [9.17, 15) is 4.79 Å².